The number of nitrogens with two attached hydrogens (primary N) is 1. The number of nitrogens with zero attached hydrogens (tertiary/aromatic N) is 2. The molecule has 1 amide bonds. The lowest BCUT2D eigenvalue weighted by Gasteiger charge is -2.47. The highest BCUT2D eigenvalue weighted by Gasteiger charge is 2.52. The molecule has 0 aromatic heterocycles. The number of thioether (sulfide) groups is 1. The molecule has 3 rings (SSSR count). The number of amides is 1. The van der Waals surface area contributed by atoms with Crippen molar-refractivity contribution in [2.24, 2.45) is 5.73 Å². The normalized spacial score (nSPS) is 22.7. The van der Waals surface area contributed by atoms with Crippen LogP contribution >= 0.6 is 11.8 Å². The number of aliphatic hydroxyl groups is 1. The summed E-state index contributed by atoms with van der Waals surface area (Å²) in [5.41, 5.74) is 5.95. The van der Waals surface area contributed by atoms with Crippen molar-refractivity contribution in [3.8, 4) is 0 Å². The number of hydrogen-bond acceptors (Lipinski definition) is 8. The van der Waals surface area contributed by atoms with E-state index in [0.29, 0.717) is 5.56 Å². The number of carbonyl (C=O) groups excluding carboxylic acids is 2. The number of β-lactam (4-membered cyclic amide) rings is 1. The van der Waals surface area contributed by atoms with E-state index in [0.717, 1.165) is 4.90 Å². The van der Waals surface area contributed by atoms with Crippen molar-refractivity contribution in [3.63, 3.8) is 0 Å². The van der Waals surface area contributed by atoms with Gasteiger partial charge >= 0.3 is 5.97 Å². The molecule has 0 bridgehead atoms. The number of carbonyl (C=O) groups is 2. The largest absolute Gasteiger partial charge is 0.509 e. The summed E-state index contributed by atoms with van der Waals surface area (Å²) < 4.78 is 5.10. The van der Waals surface area contributed by atoms with Gasteiger partial charge in [0.05, 0.1) is 10.7 Å². The topological polar surface area (TPSA) is 136 Å². The molecule has 1 aromatic carbocycles. The molecule has 0 spiro atoms. The summed E-state index contributed by atoms with van der Waals surface area (Å²) in [5.74, 6) is -1.34. The number of benzene rings is 1. The summed E-state index contributed by atoms with van der Waals surface area (Å²) in [6.45, 7) is -0.139. The van der Waals surface area contributed by atoms with Crippen LogP contribution in [0.1, 0.15) is 5.56 Å². The van der Waals surface area contributed by atoms with Crippen molar-refractivity contribution in [1.29, 1.82) is 0 Å². The average Bonchev–Trinajstić information content (AvgIpc) is 2.59. The zero-order valence-corrected chi connectivity index (χ0v) is 13.1. The fourth-order valence-corrected chi connectivity index (χ4v) is 3.57. The minimum atomic E-state index is -0.837. The molecule has 126 valence electrons. The highest BCUT2D eigenvalue weighted by molar-refractivity contribution is 8.00. The Morgan fingerprint density at radius 2 is 2.12 bits per heavy atom. The van der Waals surface area contributed by atoms with Gasteiger partial charge in [-0.15, -0.1) is 11.8 Å². The Morgan fingerprint density at radius 3 is 2.75 bits per heavy atom. The van der Waals surface area contributed by atoms with Gasteiger partial charge in [-0.25, -0.2) is 4.79 Å². The number of non-ortho nitro benzene ring substituents is 1. The van der Waals surface area contributed by atoms with Gasteiger partial charge in [0.1, 0.15) is 23.8 Å². The number of ether oxygens (including phenoxy) is 1. The SMILES string of the molecule is NC1C(=O)N2C(C(=O)OCc3ccc([N+](=O)[O-])cc3)=C(O)CS[C@@H]12. The van der Waals surface area contributed by atoms with Gasteiger partial charge in [0, 0.05) is 12.1 Å². The zero-order valence-electron chi connectivity index (χ0n) is 12.2. The smallest absolute Gasteiger partial charge is 0.358 e. The predicted octanol–water partition coefficient (Wildman–Crippen LogP) is 0.650. The van der Waals surface area contributed by atoms with Crippen LogP contribution in [0.25, 0.3) is 0 Å². The van der Waals surface area contributed by atoms with Gasteiger partial charge in [-0.3, -0.25) is 19.8 Å². The first-order valence-electron chi connectivity index (χ1n) is 6.93. The highest BCUT2D eigenvalue weighted by Crippen LogP contribution is 2.38. The number of rotatable bonds is 4. The zero-order chi connectivity index (χ0) is 17.4. The third-order valence-corrected chi connectivity index (χ3v) is 4.99. The van der Waals surface area contributed by atoms with E-state index in [1.165, 1.54) is 36.0 Å². The number of fused-ring (bicyclic) bond motifs is 1. The molecular weight excluding hydrogens is 338 g/mol. The van der Waals surface area contributed by atoms with Crippen LogP contribution in [-0.2, 0) is 20.9 Å². The van der Waals surface area contributed by atoms with E-state index in [2.05, 4.69) is 0 Å². The molecule has 2 atom stereocenters. The maximum absolute atomic E-state index is 12.2. The van der Waals surface area contributed by atoms with Crippen molar-refractivity contribution < 1.29 is 24.4 Å². The van der Waals surface area contributed by atoms with Crippen molar-refractivity contribution in [3.05, 3.63) is 51.4 Å². The minimum absolute atomic E-state index is 0.0715. The summed E-state index contributed by atoms with van der Waals surface area (Å²) >= 11 is 1.27. The van der Waals surface area contributed by atoms with E-state index in [1.54, 1.807) is 0 Å². The second kappa shape index (κ2) is 6.13. The molecule has 1 fully saturated rings. The standard InChI is InChI=1S/C14H13N3O6S/c15-10-12(19)16-11(9(18)6-24-13(10)16)14(20)23-5-7-1-3-8(4-2-7)17(21)22/h1-4,10,13,18H,5-6,15H2/t10?,13-/m0/s1. The first-order valence-corrected chi connectivity index (χ1v) is 7.98. The predicted molar refractivity (Wildman–Crippen MR) is 83.6 cm³/mol. The number of nitro groups is 1. The van der Waals surface area contributed by atoms with E-state index < -0.39 is 22.8 Å². The molecule has 24 heavy (non-hydrogen) atoms. The molecule has 0 saturated carbocycles. The van der Waals surface area contributed by atoms with Crippen molar-refractivity contribution in [2.75, 3.05) is 5.75 Å². The summed E-state index contributed by atoms with van der Waals surface area (Å²) in [6, 6.07) is 4.82. The molecule has 0 aliphatic carbocycles. The Bertz CT molecular complexity index is 747. The number of esters is 1. The second-order valence-electron chi connectivity index (χ2n) is 5.23. The van der Waals surface area contributed by atoms with Gasteiger partial charge in [0.2, 0.25) is 5.91 Å². The monoisotopic (exact) mass is 351 g/mol. The molecule has 3 N–H and O–H groups in total. The molecule has 2 aliphatic heterocycles. The van der Waals surface area contributed by atoms with Gasteiger partial charge in [0.15, 0.2) is 5.70 Å². The van der Waals surface area contributed by atoms with Crippen LogP contribution in [-0.4, -0.2) is 44.0 Å². The van der Waals surface area contributed by atoms with Gasteiger partial charge in [-0.2, -0.15) is 0 Å². The second-order valence-corrected chi connectivity index (χ2v) is 6.34. The molecular formula is C14H13N3O6S. The van der Waals surface area contributed by atoms with E-state index >= 15 is 0 Å². The van der Waals surface area contributed by atoms with E-state index in [-0.39, 0.29) is 34.9 Å². The molecule has 10 heteroatoms. The fourth-order valence-electron chi connectivity index (χ4n) is 2.42. The van der Waals surface area contributed by atoms with E-state index in [4.69, 9.17) is 10.5 Å². The van der Waals surface area contributed by atoms with Crippen LogP contribution < -0.4 is 5.73 Å². The molecule has 2 heterocycles. The van der Waals surface area contributed by atoms with Crippen LogP contribution in [0.5, 0.6) is 0 Å². The van der Waals surface area contributed by atoms with Crippen LogP contribution in [0, 0.1) is 10.1 Å². The Balaban J connectivity index is 1.68. The van der Waals surface area contributed by atoms with Crippen molar-refractivity contribution in [1.82, 2.24) is 4.90 Å². The Morgan fingerprint density at radius 1 is 1.46 bits per heavy atom. The summed E-state index contributed by atoms with van der Waals surface area (Å²) in [5, 5.41) is 20.1. The van der Waals surface area contributed by atoms with Crippen LogP contribution in [0.15, 0.2) is 35.7 Å². The van der Waals surface area contributed by atoms with Crippen LogP contribution in [0.4, 0.5) is 5.69 Å². The Kier molecular flexibility index (Phi) is 4.16. The average molecular weight is 351 g/mol. The summed E-state index contributed by atoms with van der Waals surface area (Å²) in [7, 11) is 0. The third-order valence-electron chi connectivity index (χ3n) is 3.70. The lowest BCUT2D eigenvalue weighted by molar-refractivity contribution is -0.384. The number of nitro benzene ring substituents is 1. The minimum Gasteiger partial charge on any atom is -0.509 e. The van der Waals surface area contributed by atoms with Gasteiger partial charge in [-0.1, -0.05) is 0 Å². The van der Waals surface area contributed by atoms with E-state index in [9.17, 15) is 24.8 Å². The molecule has 1 saturated heterocycles. The first kappa shape index (κ1) is 16.3. The molecule has 0 radical (unpaired) electrons. The van der Waals surface area contributed by atoms with E-state index in [1.807, 2.05) is 0 Å². The van der Waals surface area contributed by atoms with Gasteiger partial charge in [-0.05, 0) is 17.7 Å². The van der Waals surface area contributed by atoms with Gasteiger partial charge < -0.3 is 15.6 Å². The summed E-state index contributed by atoms with van der Waals surface area (Å²) in [6.07, 6.45) is 0. The molecule has 9 nitrogen and oxygen atoms in total. The number of aliphatic hydroxyl groups excluding tert-OH is 1. The summed E-state index contributed by atoms with van der Waals surface area (Å²) in [4.78, 5) is 35.2. The maximum atomic E-state index is 12.2. The van der Waals surface area contributed by atoms with Crippen LogP contribution in [0.3, 0.4) is 0 Å². The lowest BCUT2D eigenvalue weighted by Crippen LogP contribution is -2.68. The Labute approximate surface area is 140 Å². The van der Waals surface area contributed by atoms with Gasteiger partial charge in [0.25, 0.3) is 5.69 Å². The van der Waals surface area contributed by atoms with Crippen LogP contribution in [0.2, 0.25) is 0 Å². The van der Waals surface area contributed by atoms with Crippen molar-refractivity contribution >= 4 is 29.3 Å². The maximum Gasteiger partial charge on any atom is 0.358 e. The highest BCUT2D eigenvalue weighted by atomic mass is 32.2. The molecule has 1 unspecified atom stereocenters. The third kappa shape index (κ3) is 2.69. The first-order chi connectivity index (χ1) is 11.4. The fraction of sp³-hybridized carbons (Fsp3) is 0.286. The lowest BCUT2D eigenvalue weighted by atomic mass is 10.1. The quantitative estimate of drug-likeness (QED) is 0.349. The molecule has 2 aliphatic rings. The molecule has 1 aromatic rings. The Hall–Kier alpha value is -2.59. The van der Waals surface area contributed by atoms with Crippen molar-refractivity contribution in [2.45, 2.75) is 18.0 Å². The number of hydrogen-bond donors (Lipinski definition) is 2.